The van der Waals surface area contributed by atoms with Crippen molar-refractivity contribution in [3.05, 3.63) is 65.7 Å². The maximum absolute atomic E-state index is 10.5. The maximum atomic E-state index is 10.5. The first kappa shape index (κ1) is 20.8. The van der Waals surface area contributed by atoms with Gasteiger partial charge in [0.05, 0.1) is 32.5 Å². The number of benzene rings is 2. The lowest BCUT2D eigenvalue weighted by Gasteiger charge is -2.27. The van der Waals surface area contributed by atoms with Crippen molar-refractivity contribution >= 4 is 0 Å². The van der Waals surface area contributed by atoms with E-state index in [9.17, 15) is 5.11 Å². The van der Waals surface area contributed by atoms with Gasteiger partial charge >= 0.3 is 0 Å². The summed E-state index contributed by atoms with van der Waals surface area (Å²) in [5, 5.41) is 10.5. The highest BCUT2D eigenvalue weighted by molar-refractivity contribution is 5.28. The van der Waals surface area contributed by atoms with Gasteiger partial charge < -0.3 is 19.3 Å². The van der Waals surface area contributed by atoms with Crippen molar-refractivity contribution in [2.24, 2.45) is 0 Å². The molecule has 2 aromatic carbocycles. The molecular formula is C23H31NO4. The third kappa shape index (κ3) is 6.91. The van der Waals surface area contributed by atoms with Gasteiger partial charge in [0.15, 0.2) is 0 Å². The Bertz CT molecular complexity index is 688. The zero-order chi connectivity index (χ0) is 19.6. The number of aliphatic hydroxyl groups is 1. The average Bonchev–Trinajstić information content (AvgIpc) is 3.22. The van der Waals surface area contributed by atoms with Crippen LogP contribution in [0.5, 0.6) is 5.75 Å². The Morgan fingerprint density at radius 2 is 1.96 bits per heavy atom. The molecule has 0 aliphatic carbocycles. The van der Waals surface area contributed by atoms with Crippen molar-refractivity contribution in [2.45, 2.75) is 38.2 Å². The van der Waals surface area contributed by atoms with Crippen LogP contribution in [0.25, 0.3) is 0 Å². The summed E-state index contributed by atoms with van der Waals surface area (Å²) in [6, 6.07) is 18.1. The number of hydrogen-bond donors (Lipinski definition) is 1. The number of rotatable bonds is 11. The summed E-state index contributed by atoms with van der Waals surface area (Å²) in [5.41, 5.74) is 2.28. The molecule has 2 atom stereocenters. The van der Waals surface area contributed by atoms with E-state index in [2.05, 4.69) is 11.0 Å². The molecule has 0 aromatic heterocycles. The van der Waals surface area contributed by atoms with E-state index in [1.54, 1.807) is 7.11 Å². The summed E-state index contributed by atoms with van der Waals surface area (Å²) in [6.45, 7) is 3.76. The number of ether oxygens (including phenoxy) is 3. The van der Waals surface area contributed by atoms with Crippen LogP contribution < -0.4 is 4.74 Å². The molecule has 0 spiro atoms. The summed E-state index contributed by atoms with van der Waals surface area (Å²) in [7, 11) is 1.68. The zero-order valence-corrected chi connectivity index (χ0v) is 16.6. The first-order valence-electron chi connectivity index (χ1n) is 9.99. The summed E-state index contributed by atoms with van der Waals surface area (Å²) in [5.74, 6) is 0.848. The fraction of sp³-hybridized carbons (Fsp3) is 0.478. The molecule has 5 heteroatoms. The molecule has 0 amide bonds. The van der Waals surface area contributed by atoms with Crippen molar-refractivity contribution < 1.29 is 19.3 Å². The van der Waals surface area contributed by atoms with Gasteiger partial charge in [-0.15, -0.1) is 0 Å². The van der Waals surface area contributed by atoms with E-state index in [1.807, 2.05) is 48.5 Å². The fourth-order valence-electron chi connectivity index (χ4n) is 3.55. The topological polar surface area (TPSA) is 51.2 Å². The minimum Gasteiger partial charge on any atom is -0.497 e. The second kappa shape index (κ2) is 11.2. The number of nitrogens with zero attached hydrogens (tertiary/aromatic N) is 1. The minimum atomic E-state index is -0.546. The second-order valence-corrected chi connectivity index (χ2v) is 7.34. The first-order valence-corrected chi connectivity index (χ1v) is 9.99. The Hall–Kier alpha value is -1.92. The quantitative estimate of drug-likeness (QED) is 0.643. The Morgan fingerprint density at radius 1 is 1.14 bits per heavy atom. The smallest absolute Gasteiger partial charge is 0.119 e. The molecule has 0 bridgehead atoms. The highest BCUT2D eigenvalue weighted by Gasteiger charge is 2.21. The minimum absolute atomic E-state index is 0.239. The highest BCUT2D eigenvalue weighted by atomic mass is 16.5. The Balaban J connectivity index is 1.52. The molecule has 5 nitrogen and oxygen atoms in total. The Morgan fingerprint density at radius 3 is 2.71 bits per heavy atom. The molecular weight excluding hydrogens is 354 g/mol. The van der Waals surface area contributed by atoms with Crippen molar-refractivity contribution in [1.82, 2.24) is 4.90 Å². The number of aliphatic hydroxyl groups excluding tert-OH is 1. The van der Waals surface area contributed by atoms with Crippen molar-refractivity contribution in [3.63, 3.8) is 0 Å². The predicted octanol–water partition coefficient (Wildman–Crippen LogP) is 3.25. The summed E-state index contributed by atoms with van der Waals surface area (Å²) >= 11 is 0. The van der Waals surface area contributed by atoms with Crippen molar-refractivity contribution in [1.29, 1.82) is 0 Å². The van der Waals surface area contributed by atoms with Crippen LogP contribution in [0.4, 0.5) is 0 Å². The van der Waals surface area contributed by atoms with Crippen LogP contribution in [0.1, 0.15) is 24.0 Å². The van der Waals surface area contributed by atoms with Gasteiger partial charge in [-0.3, -0.25) is 4.90 Å². The lowest BCUT2D eigenvalue weighted by atomic mass is 10.1. The molecule has 1 saturated heterocycles. The molecule has 1 heterocycles. The van der Waals surface area contributed by atoms with E-state index in [0.717, 1.165) is 49.4 Å². The van der Waals surface area contributed by atoms with E-state index in [0.29, 0.717) is 19.8 Å². The predicted molar refractivity (Wildman–Crippen MR) is 109 cm³/mol. The fourth-order valence-corrected chi connectivity index (χ4v) is 3.55. The lowest BCUT2D eigenvalue weighted by Crippen LogP contribution is -2.39. The van der Waals surface area contributed by atoms with Crippen LogP contribution in [-0.4, -0.2) is 55.6 Å². The molecule has 152 valence electrons. The molecule has 1 N–H and O–H groups in total. The van der Waals surface area contributed by atoms with Crippen molar-refractivity contribution in [3.8, 4) is 5.75 Å². The number of hydrogen-bond acceptors (Lipinski definition) is 5. The second-order valence-electron chi connectivity index (χ2n) is 7.34. The van der Waals surface area contributed by atoms with Crippen LogP contribution in [0.2, 0.25) is 0 Å². The van der Waals surface area contributed by atoms with Gasteiger partial charge in [-0.2, -0.15) is 0 Å². The van der Waals surface area contributed by atoms with E-state index in [-0.39, 0.29) is 6.10 Å². The molecule has 2 aromatic rings. The van der Waals surface area contributed by atoms with Gasteiger partial charge in [0.25, 0.3) is 0 Å². The first-order chi connectivity index (χ1) is 13.7. The SMILES string of the molecule is COc1cccc(CN(CC(O)COCc2ccccc2)CC2CCCO2)c1. The van der Waals surface area contributed by atoms with E-state index >= 15 is 0 Å². The summed E-state index contributed by atoms with van der Waals surface area (Å²) in [4.78, 5) is 2.25. The van der Waals surface area contributed by atoms with Gasteiger partial charge in [0.2, 0.25) is 0 Å². The van der Waals surface area contributed by atoms with Gasteiger partial charge in [0.1, 0.15) is 5.75 Å². The van der Waals surface area contributed by atoms with Gasteiger partial charge in [-0.1, -0.05) is 42.5 Å². The molecule has 1 fully saturated rings. The normalized spacial score (nSPS) is 17.8. The van der Waals surface area contributed by atoms with E-state index < -0.39 is 6.10 Å². The standard InChI is InChI=1S/C23H31NO4/c1-26-22-10-5-9-20(13-22)14-24(16-23-11-6-12-28-23)15-21(25)18-27-17-19-7-3-2-4-8-19/h2-5,7-10,13,21,23,25H,6,11-12,14-18H2,1H3. The molecule has 1 aliphatic rings. The van der Waals surface area contributed by atoms with Crippen LogP contribution in [0.15, 0.2) is 54.6 Å². The van der Waals surface area contributed by atoms with Gasteiger partial charge in [-0.05, 0) is 36.1 Å². The monoisotopic (exact) mass is 385 g/mol. The molecule has 0 saturated carbocycles. The summed E-state index contributed by atoms with van der Waals surface area (Å²) < 4.78 is 16.9. The lowest BCUT2D eigenvalue weighted by molar-refractivity contribution is -0.00288. The third-order valence-electron chi connectivity index (χ3n) is 4.92. The third-order valence-corrected chi connectivity index (χ3v) is 4.92. The molecule has 2 unspecified atom stereocenters. The van der Waals surface area contributed by atoms with Crippen molar-refractivity contribution in [2.75, 3.05) is 33.4 Å². The largest absolute Gasteiger partial charge is 0.497 e. The van der Waals surface area contributed by atoms with Crippen LogP contribution in [0.3, 0.4) is 0 Å². The molecule has 3 rings (SSSR count). The molecule has 0 radical (unpaired) electrons. The molecule has 1 aliphatic heterocycles. The maximum Gasteiger partial charge on any atom is 0.119 e. The summed E-state index contributed by atoms with van der Waals surface area (Å²) in [6.07, 6.45) is 1.88. The average molecular weight is 386 g/mol. The van der Waals surface area contributed by atoms with Crippen LogP contribution in [-0.2, 0) is 22.6 Å². The molecule has 28 heavy (non-hydrogen) atoms. The van der Waals surface area contributed by atoms with Gasteiger partial charge in [-0.25, -0.2) is 0 Å². The highest BCUT2D eigenvalue weighted by Crippen LogP contribution is 2.18. The van der Waals surface area contributed by atoms with Crippen LogP contribution >= 0.6 is 0 Å². The van der Waals surface area contributed by atoms with E-state index in [4.69, 9.17) is 14.2 Å². The van der Waals surface area contributed by atoms with E-state index in [1.165, 1.54) is 0 Å². The Kier molecular flexibility index (Phi) is 8.30. The Labute approximate surface area is 167 Å². The van der Waals surface area contributed by atoms with Crippen LogP contribution in [0, 0.1) is 0 Å². The van der Waals surface area contributed by atoms with Gasteiger partial charge in [0, 0.05) is 26.2 Å². The zero-order valence-electron chi connectivity index (χ0n) is 16.6. The number of methoxy groups -OCH3 is 1.